The molecule has 0 heterocycles. The van der Waals surface area contributed by atoms with Crippen LogP contribution in [0.25, 0.3) is 0 Å². The zero-order valence-corrected chi connectivity index (χ0v) is 11.6. The molecule has 3 nitrogen and oxygen atoms in total. The summed E-state index contributed by atoms with van der Waals surface area (Å²) in [5.74, 6) is 0.767. The third kappa shape index (κ3) is 5.08. The van der Waals surface area contributed by atoms with Gasteiger partial charge in [0.15, 0.2) is 0 Å². The molecule has 1 rings (SSSR count). The van der Waals surface area contributed by atoms with Crippen LogP contribution in [0.15, 0.2) is 35.9 Å². The first kappa shape index (κ1) is 15.0. The smallest absolute Gasteiger partial charge is 0.123 e. The lowest BCUT2D eigenvalue weighted by Crippen LogP contribution is -2.31. The maximum absolute atomic E-state index is 8.99. The summed E-state index contributed by atoms with van der Waals surface area (Å²) in [7, 11) is 0. The van der Waals surface area contributed by atoms with Gasteiger partial charge in [-0.2, -0.15) is 0 Å². The maximum Gasteiger partial charge on any atom is 0.123 e. The standard InChI is InChI=1S/C14H20ClNO2/c1-10(15)9-18-14-6-4-13(5-7-14)12(3)16-11(2)8-17/h4-7,11-12,16-17H,1,8-9H2,2-3H3. The van der Waals surface area contributed by atoms with Crippen molar-refractivity contribution in [2.24, 2.45) is 0 Å². The number of hydrogen-bond donors (Lipinski definition) is 2. The Morgan fingerprint density at radius 3 is 2.50 bits per heavy atom. The van der Waals surface area contributed by atoms with E-state index in [1.165, 1.54) is 0 Å². The first-order valence-electron chi connectivity index (χ1n) is 5.96. The molecule has 1 aromatic carbocycles. The van der Waals surface area contributed by atoms with Crippen molar-refractivity contribution < 1.29 is 9.84 Å². The molecule has 0 radical (unpaired) electrons. The second-order valence-electron chi connectivity index (χ2n) is 4.35. The van der Waals surface area contributed by atoms with Crippen LogP contribution in [0.1, 0.15) is 25.5 Å². The average molecular weight is 270 g/mol. The van der Waals surface area contributed by atoms with Crippen LogP contribution in [-0.4, -0.2) is 24.4 Å². The molecule has 2 atom stereocenters. The summed E-state index contributed by atoms with van der Waals surface area (Å²) >= 11 is 5.63. The minimum atomic E-state index is 0.0792. The van der Waals surface area contributed by atoms with Gasteiger partial charge >= 0.3 is 0 Å². The van der Waals surface area contributed by atoms with Gasteiger partial charge in [-0.1, -0.05) is 30.3 Å². The van der Waals surface area contributed by atoms with Gasteiger partial charge in [0.25, 0.3) is 0 Å². The Bertz CT molecular complexity index is 378. The molecular weight excluding hydrogens is 250 g/mol. The highest BCUT2D eigenvalue weighted by Crippen LogP contribution is 2.18. The quantitative estimate of drug-likeness (QED) is 0.800. The van der Waals surface area contributed by atoms with Crippen molar-refractivity contribution in [3.63, 3.8) is 0 Å². The third-order valence-corrected chi connectivity index (χ3v) is 2.69. The summed E-state index contributed by atoms with van der Waals surface area (Å²) in [6, 6.07) is 8.05. The fourth-order valence-electron chi connectivity index (χ4n) is 1.59. The number of hydrogen-bond acceptors (Lipinski definition) is 3. The van der Waals surface area contributed by atoms with Gasteiger partial charge < -0.3 is 15.2 Å². The summed E-state index contributed by atoms with van der Waals surface area (Å²) < 4.78 is 5.41. The zero-order chi connectivity index (χ0) is 13.5. The molecule has 2 N–H and O–H groups in total. The summed E-state index contributed by atoms with van der Waals surface area (Å²) in [6.07, 6.45) is 0. The van der Waals surface area contributed by atoms with Crippen LogP contribution >= 0.6 is 11.6 Å². The molecule has 0 aliphatic rings. The fraction of sp³-hybridized carbons (Fsp3) is 0.429. The van der Waals surface area contributed by atoms with Crippen LogP contribution in [0.4, 0.5) is 0 Å². The molecule has 100 valence electrons. The molecule has 0 aliphatic carbocycles. The molecule has 0 spiro atoms. The highest BCUT2D eigenvalue weighted by atomic mass is 35.5. The van der Waals surface area contributed by atoms with Gasteiger partial charge in [0.1, 0.15) is 12.4 Å². The molecule has 4 heteroatoms. The van der Waals surface area contributed by atoms with Gasteiger partial charge in [0.05, 0.1) is 6.61 Å². The molecule has 2 unspecified atom stereocenters. The lowest BCUT2D eigenvalue weighted by molar-refractivity contribution is 0.243. The normalized spacial score (nSPS) is 14.0. The molecule has 0 fully saturated rings. The monoisotopic (exact) mass is 269 g/mol. The van der Waals surface area contributed by atoms with E-state index in [0.29, 0.717) is 11.6 Å². The molecule has 18 heavy (non-hydrogen) atoms. The van der Waals surface area contributed by atoms with Gasteiger partial charge in [-0.25, -0.2) is 0 Å². The number of halogens is 1. The largest absolute Gasteiger partial charge is 0.488 e. The van der Waals surface area contributed by atoms with E-state index >= 15 is 0 Å². The minimum absolute atomic E-state index is 0.0792. The average Bonchev–Trinajstić information content (AvgIpc) is 2.36. The Hall–Kier alpha value is -1.03. The second-order valence-corrected chi connectivity index (χ2v) is 4.88. The predicted molar refractivity (Wildman–Crippen MR) is 75.0 cm³/mol. The number of rotatable bonds is 7. The van der Waals surface area contributed by atoms with E-state index in [9.17, 15) is 0 Å². The Morgan fingerprint density at radius 2 is 2.00 bits per heavy atom. The molecule has 1 aromatic rings. The molecule has 0 saturated heterocycles. The van der Waals surface area contributed by atoms with Crippen LogP contribution in [0.5, 0.6) is 5.75 Å². The van der Waals surface area contributed by atoms with Crippen molar-refractivity contribution in [2.45, 2.75) is 25.9 Å². The molecule has 0 saturated carbocycles. The van der Waals surface area contributed by atoms with Crippen molar-refractivity contribution in [1.82, 2.24) is 5.32 Å². The van der Waals surface area contributed by atoms with Crippen LogP contribution in [0.2, 0.25) is 0 Å². The lowest BCUT2D eigenvalue weighted by Gasteiger charge is -2.19. The Balaban J connectivity index is 2.56. The van der Waals surface area contributed by atoms with E-state index in [4.69, 9.17) is 21.4 Å². The Morgan fingerprint density at radius 1 is 1.39 bits per heavy atom. The first-order valence-corrected chi connectivity index (χ1v) is 6.33. The summed E-state index contributed by atoms with van der Waals surface area (Å²) in [4.78, 5) is 0. The van der Waals surface area contributed by atoms with Crippen molar-refractivity contribution in [3.05, 3.63) is 41.4 Å². The molecule has 0 amide bonds. The summed E-state index contributed by atoms with van der Waals surface area (Å²) in [6.45, 7) is 8.01. The van der Waals surface area contributed by atoms with Gasteiger partial charge in [0.2, 0.25) is 0 Å². The number of aliphatic hydroxyl groups is 1. The molecular formula is C14H20ClNO2. The van der Waals surface area contributed by atoms with E-state index in [0.717, 1.165) is 11.3 Å². The Kier molecular flexibility index (Phi) is 6.19. The topological polar surface area (TPSA) is 41.5 Å². The van der Waals surface area contributed by atoms with Crippen LogP contribution in [0, 0.1) is 0 Å². The number of aliphatic hydroxyl groups excluding tert-OH is 1. The SMILES string of the molecule is C=C(Cl)COc1ccc(C(C)NC(C)CO)cc1. The predicted octanol–water partition coefficient (Wildman–Crippen LogP) is 2.85. The van der Waals surface area contributed by atoms with Crippen molar-refractivity contribution in [2.75, 3.05) is 13.2 Å². The zero-order valence-electron chi connectivity index (χ0n) is 10.8. The number of ether oxygens (including phenoxy) is 1. The van der Waals surface area contributed by atoms with Gasteiger partial charge in [0, 0.05) is 17.1 Å². The van der Waals surface area contributed by atoms with Gasteiger partial charge in [-0.3, -0.25) is 0 Å². The maximum atomic E-state index is 8.99. The van der Waals surface area contributed by atoms with Crippen LogP contribution < -0.4 is 10.1 Å². The summed E-state index contributed by atoms with van der Waals surface area (Å²) in [5.41, 5.74) is 1.15. The van der Waals surface area contributed by atoms with Gasteiger partial charge in [-0.05, 0) is 31.5 Å². The molecule has 0 aromatic heterocycles. The molecule has 0 bridgehead atoms. The fourth-order valence-corrected chi connectivity index (χ4v) is 1.64. The number of benzene rings is 1. The van der Waals surface area contributed by atoms with Crippen molar-refractivity contribution in [1.29, 1.82) is 0 Å². The number of nitrogens with one attached hydrogen (secondary N) is 1. The van der Waals surface area contributed by atoms with Crippen molar-refractivity contribution in [3.8, 4) is 5.75 Å². The van der Waals surface area contributed by atoms with Gasteiger partial charge in [-0.15, -0.1) is 0 Å². The lowest BCUT2D eigenvalue weighted by atomic mass is 10.1. The first-order chi connectivity index (χ1) is 8.52. The highest BCUT2D eigenvalue weighted by molar-refractivity contribution is 6.29. The second kappa shape index (κ2) is 7.41. The van der Waals surface area contributed by atoms with Crippen LogP contribution in [0.3, 0.4) is 0 Å². The van der Waals surface area contributed by atoms with E-state index < -0.39 is 0 Å². The minimum Gasteiger partial charge on any atom is -0.488 e. The van der Waals surface area contributed by atoms with E-state index in [1.807, 2.05) is 31.2 Å². The van der Waals surface area contributed by atoms with E-state index in [2.05, 4.69) is 18.8 Å². The Labute approximate surface area is 113 Å². The third-order valence-electron chi connectivity index (χ3n) is 2.58. The highest BCUT2D eigenvalue weighted by Gasteiger charge is 2.08. The van der Waals surface area contributed by atoms with Crippen LogP contribution in [-0.2, 0) is 0 Å². The van der Waals surface area contributed by atoms with E-state index in [1.54, 1.807) is 0 Å². The van der Waals surface area contributed by atoms with E-state index in [-0.39, 0.29) is 18.7 Å². The molecule has 0 aliphatic heterocycles. The van der Waals surface area contributed by atoms with Crippen molar-refractivity contribution >= 4 is 11.6 Å². The summed E-state index contributed by atoms with van der Waals surface area (Å²) in [5, 5.41) is 12.8.